The second-order valence-electron chi connectivity index (χ2n) is 8.79. The molecule has 2 aromatic carbocycles. The summed E-state index contributed by atoms with van der Waals surface area (Å²) in [7, 11) is 0. The molecule has 1 saturated heterocycles. The fourth-order valence-corrected chi connectivity index (χ4v) is 6.36. The summed E-state index contributed by atoms with van der Waals surface area (Å²) in [6.07, 6.45) is 3.57. The summed E-state index contributed by atoms with van der Waals surface area (Å²) < 4.78 is 28.6. The number of carbonyl (C=O) groups is 2. The molecule has 5 rings (SSSR count). The second-order valence-corrected chi connectivity index (χ2v) is 9.61. The summed E-state index contributed by atoms with van der Waals surface area (Å²) in [4.78, 5) is 26.1. The van der Waals surface area contributed by atoms with Gasteiger partial charge in [0.25, 0.3) is 0 Å². The molecule has 1 spiro atoms. The highest BCUT2D eigenvalue weighted by Crippen LogP contribution is 2.58. The molecule has 2 aromatic rings. The molecule has 32 heavy (non-hydrogen) atoms. The number of carbonyl (C=O) groups excluding carboxylic acids is 1. The number of carboxylic acids is 1. The summed E-state index contributed by atoms with van der Waals surface area (Å²) in [6, 6.07) is 4.83. The molecular formula is C23H20Cl2F2N2O3. The van der Waals surface area contributed by atoms with Gasteiger partial charge in [-0.25, -0.2) is 8.78 Å². The van der Waals surface area contributed by atoms with Gasteiger partial charge in [-0.2, -0.15) is 0 Å². The van der Waals surface area contributed by atoms with Crippen molar-refractivity contribution in [3.63, 3.8) is 0 Å². The van der Waals surface area contributed by atoms with E-state index in [1.54, 1.807) is 0 Å². The molecule has 4 unspecified atom stereocenters. The molecule has 0 bridgehead atoms. The predicted octanol–water partition coefficient (Wildman–Crippen LogP) is 4.86. The van der Waals surface area contributed by atoms with Crippen LogP contribution in [-0.4, -0.2) is 29.1 Å². The minimum absolute atomic E-state index is 0.0215. The monoisotopic (exact) mass is 480 g/mol. The lowest BCUT2D eigenvalue weighted by Gasteiger charge is -2.37. The normalized spacial score (nSPS) is 29.5. The number of fused-ring (bicyclic) bond motifs is 2. The standard InChI is InChI=1S/C23H20Cl2F2N2O3/c24-13-7-11(5-6-15(13)26)18-19(21(30)31)29-20(10-3-1-2-4-10)23(18)12-8-16(27)14(25)9-17(12)28-22(23)32/h5-10,18-20,29H,1-4H2,(H,28,32)(H,30,31). The summed E-state index contributed by atoms with van der Waals surface area (Å²) in [5.41, 5.74) is -0.298. The van der Waals surface area contributed by atoms with Crippen LogP contribution in [0.15, 0.2) is 30.3 Å². The van der Waals surface area contributed by atoms with Crippen LogP contribution in [0.5, 0.6) is 0 Å². The minimum Gasteiger partial charge on any atom is -0.480 e. The highest BCUT2D eigenvalue weighted by Gasteiger charge is 2.67. The van der Waals surface area contributed by atoms with Crippen LogP contribution in [0.3, 0.4) is 0 Å². The van der Waals surface area contributed by atoms with Crippen LogP contribution in [0.2, 0.25) is 10.0 Å². The van der Waals surface area contributed by atoms with Gasteiger partial charge in [-0.1, -0.05) is 42.1 Å². The third kappa shape index (κ3) is 2.98. The molecule has 0 radical (unpaired) electrons. The summed E-state index contributed by atoms with van der Waals surface area (Å²) in [5, 5.41) is 15.8. The number of nitrogens with one attached hydrogen (secondary N) is 2. The Balaban J connectivity index is 1.80. The van der Waals surface area contributed by atoms with Crippen molar-refractivity contribution in [1.29, 1.82) is 0 Å². The van der Waals surface area contributed by atoms with Gasteiger partial charge >= 0.3 is 5.97 Å². The zero-order chi connectivity index (χ0) is 22.8. The zero-order valence-electron chi connectivity index (χ0n) is 16.8. The average Bonchev–Trinajstić information content (AvgIpc) is 3.44. The minimum atomic E-state index is -1.42. The summed E-state index contributed by atoms with van der Waals surface area (Å²) in [5.74, 6) is -3.83. The average molecular weight is 481 g/mol. The molecule has 5 nitrogen and oxygen atoms in total. The Morgan fingerprint density at radius 2 is 1.75 bits per heavy atom. The van der Waals surface area contributed by atoms with Crippen molar-refractivity contribution in [2.24, 2.45) is 5.92 Å². The number of hydrogen-bond acceptors (Lipinski definition) is 3. The number of carboxylic acid groups (broad SMARTS) is 1. The van der Waals surface area contributed by atoms with Gasteiger partial charge in [0.1, 0.15) is 23.1 Å². The van der Waals surface area contributed by atoms with Crippen molar-refractivity contribution in [2.45, 2.75) is 49.1 Å². The topological polar surface area (TPSA) is 78.4 Å². The van der Waals surface area contributed by atoms with Crippen LogP contribution in [0.25, 0.3) is 0 Å². The van der Waals surface area contributed by atoms with Crippen molar-refractivity contribution in [3.8, 4) is 0 Å². The number of anilines is 1. The van der Waals surface area contributed by atoms with Crippen LogP contribution in [0.4, 0.5) is 14.5 Å². The number of halogens is 4. The highest BCUT2D eigenvalue weighted by atomic mass is 35.5. The maximum atomic E-state index is 14.7. The van der Waals surface area contributed by atoms with Gasteiger partial charge in [0.05, 0.1) is 10.0 Å². The molecule has 1 amide bonds. The third-order valence-corrected chi connectivity index (χ3v) is 7.82. The van der Waals surface area contributed by atoms with E-state index >= 15 is 0 Å². The molecule has 9 heteroatoms. The summed E-state index contributed by atoms with van der Waals surface area (Å²) >= 11 is 12.0. The van der Waals surface area contributed by atoms with Gasteiger partial charge in [-0.15, -0.1) is 0 Å². The molecule has 1 aliphatic carbocycles. The Morgan fingerprint density at radius 1 is 1.06 bits per heavy atom. The molecule has 3 N–H and O–H groups in total. The molecule has 2 fully saturated rings. The van der Waals surface area contributed by atoms with Crippen LogP contribution in [0.1, 0.15) is 42.7 Å². The lowest BCUT2D eigenvalue weighted by Crippen LogP contribution is -2.51. The van der Waals surface area contributed by atoms with E-state index in [0.717, 1.165) is 31.7 Å². The Labute approximate surface area is 193 Å². The first-order valence-corrected chi connectivity index (χ1v) is 11.3. The van der Waals surface area contributed by atoms with Crippen LogP contribution in [0, 0.1) is 17.6 Å². The summed E-state index contributed by atoms with van der Waals surface area (Å²) in [6.45, 7) is 0. The van der Waals surface area contributed by atoms with Crippen molar-refractivity contribution in [3.05, 3.63) is 63.1 Å². The van der Waals surface area contributed by atoms with Crippen LogP contribution >= 0.6 is 23.2 Å². The van der Waals surface area contributed by atoms with E-state index in [-0.39, 0.29) is 16.0 Å². The zero-order valence-corrected chi connectivity index (χ0v) is 18.3. The van der Waals surface area contributed by atoms with E-state index in [2.05, 4.69) is 10.6 Å². The number of aliphatic carboxylic acids is 1. The largest absolute Gasteiger partial charge is 0.480 e. The Morgan fingerprint density at radius 3 is 2.41 bits per heavy atom. The maximum Gasteiger partial charge on any atom is 0.321 e. The molecule has 168 valence electrons. The number of hydrogen-bond donors (Lipinski definition) is 3. The first-order chi connectivity index (χ1) is 15.2. The van der Waals surface area contributed by atoms with Gasteiger partial charge < -0.3 is 10.4 Å². The van der Waals surface area contributed by atoms with E-state index < -0.39 is 46.9 Å². The molecule has 4 atom stereocenters. The van der Waals surface area contributed by atoms with E-state index in [0.29, 0.717) is 16.8 Å². The van der Waals surface area contributed by atoms with E-state index in [9.17, 15) is 23.5 Å². The highest BCUT2D eigenvalue weighted by molar-refractivity contribution is 6.31. The third-order valence-electron chi connectivity index (χ3n) is 7.24. The molecule has 2 aliphatic heterocycles. The first-order valence-electron chi connectivity index (χ1n) is 10.5. The van der Waals surface area contributed by atoms with Gasteiger partial charge in [0, 0.05) is 17.6 Å². The van der Waals surface area contributed by atoms with Gasteiger partial charge in [0.15, 0.2) is 0 Å². The molecule has 0 aromatic heterocycles. The number of rotatable bonds is 3. The number of benzene rings is 2. The van der Waals surface area contributed by atoms with Crippen molar-refractivity contribution >= 4 is 40.8 Å². The van der Waals surface area contributed by atoms with Crippen molar-refractivity contribution < 1.29 is 23.5 Å². The molecule has 2 heterocycles. The van der Waals surface area contributed by atoms with Crippen LogP contribution in [-0.2, 0) is 15.0 Å². The molecular weight excluding hydrogens is 461 g/mol. The van der Waals surface area contributed by atoms with E-state index in [4.69, 9.17) is 23.2 Å². The van der Waals surface area contributed by atoms with Gasteiger partial charge in [0.2, 0.25) is 5.91 Å². The molecule has 3 aliphatic rings. The van der Waals surface area contributed by atoms with Gasteiger partial charge in [-0.05, 0) is 54.2 Å². The SMILES string of the molecule is O=C(O)C1NC(C2CCCC2)C2(C(=O)Nc3cc(Cl)c(F)cc32)C1c1ccc(F)c(Cl)c1. The van der Waals surface area contributed by atoms with E-state index in [1.807, 2.05) is 0 Å². The lowest BCUT2D eigenvalue weighted by molar-refractivity contribution is -0.139. The predicted molar refractivity (Wildman–Crippen MR) is 116 cm³/mol. The Bertz CT molecular complexity index is 1140. The van der Waals surface area contributed by atoms with Crippen molar-refractivity contribution in [2.75, 3.05) is 5.32 Å². The first kappa shape index (κ1) is 21.6. The fraction of sp³-hybridized carbons (Fsp3) is 0.391. The lowest BCUT2D eigenvalue weighted by atomic mass is 9.62. The Kier molecular flexibility index (Phi) is 5.19. The van der Waals surface area contributed by atoms with Gasteiger partial charge in [-0.3, -0.25) is 14.9 Å². The van der Waals surface area contributed by atoms with Crippen LogP contribution < -0.4 is 10.6 Å². The molecule has 1 saturated carbocycles. The fourth-order valence-electron chi connectivity index (χ4n) is 6.01. The Hall–Kier alpha value is -2.22. The second kappa shape index (κ2) is 7.68. The number of amides is 1. The van der Waals surface area contributed by atoms with E-state index in [1.165, 1.54) is 24.3 Å². The van der Waals surface area contributed by atoms with Crippen molar-refractivity contribution in [1.82, 2.24) is 5.32 Å². The maximum absolute atomic E-state index is 14.7. The smallest absolute Gasteiger partial charge is 0.321 e. The quantitative estimate of drug-likeness (QED) is 0.585.